The smallest absolute Gasteiger partial charge is 0.231 e. The van der Waals surface area contributed by atoms with E-state index >= 15 is 0 Å². The zero-order valence-corrected chi connectivity index (χ0v) is 11.3. The molecule has 1 amide bonds. The molecule has 106 valence electrons. The van der Waals surface area contributed by atoms with Gasteiger partial charge in [-0.2, -0.15) is 0 Å². The lowest BCUT2D eigenvalue weighted by Crippen LogP contribution is -2.12. The molecule has 0 aliphatic heterocycles. The number of nitrogens with zero attached hydrogens (tertiary/aromatic N) is 1. The fourth-order valence-electron chi connectivity index (χ4n) is 2.71. The Kier molecular flexibility index (Phi) is 3.85. The van der Waals surface area contributed by atoms with E-state index < -0.39 is 0 Å². The van der Waals surface area contributed by atoms with E-state index in [9.17, 15) is 4.79 Å². The summed E-state index contributed by atoms with van der Waals surface area (Å²) in [6.45, 7) is 0. The van der Waals surface area contributed by atoms with Gasteiger partial charge in [0.25, 0.3) is 0 Å². The molecule has 3 rings (SSSR count). The number of carbonyl (C=O) groups is 1. The molecule has 1 saturated carbocycles. The number of nitrogens with one attached hydrogen (secondary N) is 1. The standard InChI is InChI=1S/C15H18N2O3/c18-14(8-7-11-4-1-2-5-11)16-15-10-12(17-20-15)13-6-3-9-19-13/h3,6,9-11H,1-2,4-5,7-8H2,(H,16,18). The van der Waals surface area contributed by atoms with Crippen molar-refractivity contribution in [1.29, 1.82) is 0 Å². The monoisotopic (exact) mass is 274 g/mol. The van der Waals surface area contributed by atoms with Crippen molar-refractivity contribution in [3.05, 3.63) is 24.5 Å². The Morgan fingerprint density at radius 3 is 3.00 bits per heavy atom. The highest BCUT2D eigenvalue weighted by atomic mass is 16.5. The van der Waals surface area contributed by atoms with E-state index in [0.717, 1.165) is 6.42 Å². The Hall–Kier alpha value is -2.04. The van der Waals surface area contributed by atoms with Gasteiger partial charge >= 0.3 is 0 Å². The van der Waals surface area contributed by atoms with Crippen LogP contribution in [0.1, 0.15) is 38.5 Å². The minimum absolute atomic E-state index is 0.0148. The maximum Gasteiger partial charge on any atom is 0.231 e. The molecule has 0 atom stereocenters. The zero-order chi connectivity index (χ0) is 13.8. The third-order valence-corrected chi connectivity index (χ3v) is 3.80. The van der Waals surface area contributed by atoms with Crippen molar-refractivity contribution in [1.82, 2.24) is 5.16 Å². The highest BCUT2D eigenvalue weighted by Gasteiger charge is 2.17. The largest absolute Gasteiger partial charge is 0.463 e. The first-order valence-corrected chi connectivity index (χ1v) is 7.12. The Morgan fingerprint density at radius 2 is 2.25 bits per heavy atom. The summed E-state index contributed by atoms with van der Waals surface area (Å²) >= 11 is 0. The molecule has 1 fully saturated rings. The summed E-state index contributed by atoms with van der Waals surface area (Å²) in [6, 6.07) is 5.25. The molecule has 0 radical (unpaired) electrons. The number of carbonyl (C=O) groups excluding carboxylic acids is 1. The van der Waals surface area contributed by atoms with Gasteiger partial charge in [-0.25, -0.2) is 0 Å². The fourth-order valence-corrected chi connectivity index (χ4v) is 2.71. The van der Waals surface area contributed by atoms with E-state index in [1.165, 1.54) is 25.7 Å². The van der Waals surface area contributed by atoms with Gasteiger partial charge in [-0.05, 0) is 24.5 Å². The second-order valence-corrected chi connectivity index (χ2v) is 5.29. The van der Waals surface area contributed by atoms with Gasteiger partial charge in [0.05, 0.1) is 6.26 Å². The van der Waals surface area contributed by atoms with E-state index in [2.05, 4.69) is 10.5 Å². The number of furan rings is 1. The molecule has 20 heavy (non-hydrogen) atoms. The van der Waals surface area contributed by atoms with Gasteiger partial charge in [0.2, 0.25) is 11.8 Å². The van der Waals surface area contributed by atoms with Crippen molar-refractivity contribution in [2.24, 2.45) is 5.92 Å². The SMILES string of the molecule is O=C(CCC1CCCC1)Nc1cc(-c2ccco2)no1. The molecule has 0 saturated heterocycles. The van der Waals surface area contributed by atoms with Crippen molar-refractivity contribution in [2.45, 2.75) is 38.5 Å². The van der Waals surface area contributed by atoms with Gasteiger partial charge in [-0.15, -0.1) is 0 Å². The Bertz CT molecular complexity index is 553. The van der Waals surface area contributed by atoms with Crippen molar-refractivity contribution in [2.75, 3.05) is 5.32 Å². The first-order valence-electron chi connectivity index (χ1n) is 7.12. The van der Waals surface area contributed by atoms with E-state index in [0.29, 0.717) is 29.7 Å². The quantitative estimate of drug-likeness (QED) is 0.899. The number of hydrogen-bond donors (Lipinski definition) is 1. The zero-order valence-electron chi connectivity index (χ0n) is 11.3. The molecule has 0 spiro atoms. The Morgan fingerprint density at radius 1 is 1.40 bits per heavy atom. The van der Waals surface area contributed by atoms with E-state index in [1.807, 2.05) is 0 Å². The Labute approximate surface area is 117 Å². The number of amides is 1. The van der Waals surface area contributed by atoms with Crippen molar-refractivity contribution >= 4 is 11.8 Å². The van der Waals surface area contributed by atoms with Crippen molar-refractivity contribution in [3.8, 4) is 11.5 Å². The van der Waals surface area contributed by atoms with Crippen LogP contribution < -0.4 is 5.32 Å². The van der Waals surface area contributed by atoms with E-state index in [-0.39, 0.29) is 5.91 Å². The second kappa shape index (κ2) is 5.94. The number of aromatic nitrogens is 1. The molecular formula is C15H18N2O3. The highest BCUT2D eigenvalue weighted by molar-refractivity contribution is 5.89. The molecule has 0 unspecified atom stereocenters. The van der Waals surface area contributed by atoms with Gasteiger partial charge in [0.1, 0.15) is 0 Å². The number of hydrogen-bond acceptors (Lipinski definition) is 4. The van der Waals surface area contributed by atoms with E-state index in [4.69, 9.17) is 8.94 Å². The first-order chi connectivity index (χ1) is 9.81. The maximum atomic E-state index is 11.8. The van der Waals surface area contributed by atoms with Crippen LogP contribution in [-0.2, 0) is 4.79 Å². The summed E-state index contributed by atoms with van der Waals surface area (Å²) in [4.78, 5) is 11.8. The molecule has 2 aromatic rings. The summed E-state index contributed by atoms with van der Waals surface area (Å²) < 4.78 is 10.3. The van der Waals surface area contributed by atoms with Gasteiger partial charge in [-0.1, -0.05) is 30.8 Å². The van der Waals surface area contributed by atoms with Gasteiger partial charge in [-0.3, -0.25) is 10.1 Å². The number of rotatable bonds is 5. The van der Waals surface area contributed by atoms with Crippen LogP contribution in [0.2, 0.25) is 0 Å². The summed E-state index contributed by atoms with van der Waals surface area (Å²) in [5, 5.41) is 6.60. The van der Waals surface area contributed by atoms with Crippen LogP contribution in [-0.4, -0.2) is 11.1 Å². The van der Waals surface area contributed by atoms with Gasteiger partial charge in [0.15, 0.2) is 11.5 Å². The molecule has 5 heteroatoms. The summed E-state index contributed by atoms with van der Waals surface area (Å²) in [6.07, 6.45) is 8.22. The predicted molar refractivity (Wildman–Crippen MR) is 74.0 cm³/mol. The normalized spacial score (nSPS) is 15.6. The number of anilines is 1. The van der Waals surface area contributed by atoms with Crippen LogP contribution in [0.5, 0.6) is 0 Å². The first kappa shape index (κ1) is 13.0. The minimum Gasteiger partial charge on any atom is -0.463 e. The molecule has 2 aromatic heterocycles. The molecule has 1 aliphatic rings. The molecule has 5 nitrogen and oxygen atoms in total. The Balaban J connectivity index is 1.51. The van der Waals surface area contributed by atoms with Crippen LogP contribution in [0.15, 0.2) is 33.4 Å². The summed E-state index contributed by atoms with van der Waals surface area (Å²) in [5.41, 5.74) is 0.584. The molecule has 2 heterocycles. The molecule has 0 aromatic carbocycles. The van der Waals surface area contributed by atoms with E-state index in [1.54, 1.807) is 24.5 Å². The van der Waals surface area contributed by atoms with Gasteiger partial charge in [0, 0.05) is 12.5 Å². The average Bonchev–Trinajstić information content (AvgIpc) is 3.18. The minimum atomic E-state index is -0.0148. The van der Waals surface area contributed by atoms with Crippen molar-refractivity contribution < 1.29 is 13.7 Å². The van der Waals surface area contributed by atoms with Gasteiger partial charge < -0.3 is 8.94 Å². The van der Waals surface area contributed by atoms with Crippen LogP contribution >= 0.6 is 0 Å². The summed E-state index contributed by atoms with van der Waals surface area (Å²) in [7, 11) is 0. The lowest BCUT2D eigenvalue weighted by molar-refractivity contribution is -0.116. The van der Waals surface area contributed by atoms with Crippen LogP contribution in [0.4, 0.5) is 5.88 Å². The maximum absolute atomic E-state index is 11.8. The fraction of sp³-hybridized carbons (Fsp3) is 0.467. The average molecular weight is 274 g/mol. The third kappa shape index (κ3) is 3.10. The molecule has 0 bridgehead atoms. The highest BCUT2D eigenvalue weighted by Crippen LogP contribution is 2.28. The lowest BCUT2D eigenvalue weighted by atomic mass is 10.0. The van der Waals surface area contributed by atoms with Crippen LogP contribution in [0.3, 0.4) is 0 Å². The van der Waals surface area contributed by atoms with Crippen molar-refractivity contribution in [3.63, 3.8) is 0 Å². The third-order valence-electron chi connectivity index (χ3n) is 3.80. The lowest BCUT2D eigenvalue weighted by Gasteiger charge is -2.07. The molecular weight excluding hydrogens is 256 g/mol. The second-order valence-electron chi connectivity index (χ2n) is 5.29. The molecule has 1 N–H and O–H groups in total. The topological polar surface area (TPSA) is 68.3 Å². The van der Waals surface area contributed by atoms with Crippen LogP contribution in [0, 0.1) is 5.92 Å². The summed E-state index contributed by atoms with van der Waals surface area (Å²) in [5.74, 6) is 1.70. The predicted octanol–water partition coefficient (Wildman–Crippen LogP) is 3.84. The van der Waals surface area contributed by atoms with Crippen LogP contribution in [0.25, 0.3) is 11.5 Å². The molecule has 1 aliphatic carbocycles.